The van der Waals surface area contributed by atoms with Crippen molar-refractivity contribution in [2.24, 2.45) is 0 Å². The molecule has 1 heterocycles. The lowest BCUT2D eigenvalue weighted by Gasteiger charge is -2.29. The van der Waals surface area contributed by atoms with Crippen molar-refractivity contribution in [3.63, 3.8) is 0 Å². The standard InChI is InChI=1S/C17H18N2/c1-3-7-15-13(5-1)14-6-2-4-8-16(14)17(15)19-11-9-18-10-12-19/h1-8,17-18H,9-12H2/p+2. The Morgan fingerprint density at radius 2 is 1.32 bits per heavy atom. The van der Waals surface area contributed by atoms with Crippen LogP contribution in [0.2, 0.25) is 0 Å². The van der Waals surface area contributed by atoms with Crippen LogP contribution in [0, 0.1) is 0 Å². The number of hydrogen-bond donors (Lipinski definition) is 2. The van der Waals surface area contributed by atoms with Gasteiger partial charge in [-0.3, -0.25) is 0 Å². The van der Waals surface area contributed by atoms with Crippen molar-refractivity contribution >= 4 is 0 Å². The highest BCUT2D eigenvalue weighted by molar-refractivity contribution is 5.77. The number of rotatable bonds is 1. The van der Waals surface area contributed by atoms with Crippen LogP contribution in [0.1, 0.15) is 17.2 Å². The molecule has 1 fully saturated rings. The molecule has 19 heavy (non-hydrogen) atoms. The maximum absolute atomic E-state index is 2.44. The lowest BCUT2D eigenvalue weighted by Crippen LogP contribution is -3.20. The molecular formula is C17H20N2+2. The first-order valence-electron chi connectivity index (χ1n) is 7.29. The Balaban J connectivity index is 1.86. The molecule has 0 unspecified atom stereocenters. The monoisotopic (exact) mass is 252 g/mol. The predicted octanol–water partition coefficient (Wildman–Crippen LogP) is 0.218. The summed E-state index contributed by atoms with van der Waals surface area (Å²) in [6, 6.07) is 18.5. The number of benzene rings is 2. The molecule has 96 valence electrons. The number of nitrogens with one attached hydrogen (secondary N) is 1. The fourth-order valence-electron chi connectivity index (χ4n) is 3.73. The summed E-state index contributed by atoms with van der Waals surface area (Å²) >= 11 is 0. The fourth-order valence-corrected chi connectivity index (χ4v) is 3.73. The van der Waals surface area contributed by atoms with Gasteiger partial charge in [-0.1, -0.05) is 48.5 Å². The molecule has 1 aliphatic carbocycles. The number of piperazine rings is 1. The second kappa shape index (κ2) is 4.48. The maximum Gasteiger partial charge on any atom is 0.140 e. The molecule has 2 aromatic rings. The lowest BCUT2D eigenvalue weighted by atomic mass is 10.0. The molecule has 0 atom stereocenters. The molecule has 1 saturated heterocycles. The summed E-state index contributed by atoms with van der Waals surface area (Å²) in [5.74, 6) is 0. The van der Waals surface area contributed by atoms with Gasteiger partial charge in [0.25, 0.3) is 0 Å². The first kappa shape index (κ1) is 11.2. The van der Waals surface area contributed by atoms with Gasteiger partial charge in [-0.2, -0.15) is 0 Å². The van der Waals surface area contributed by atoms with E-state index in [1.165, 1.54) is 48.4 Å². The molecule has 3 N–H and O–H groups in total. The van der Waals surface area contributed by atoms with E-state index in [1.54, 1.807) is 4.90 Å². The highest BCUT2D eigenvalue weighted by Crippen LogP contribution is 2.41. The fraction of sp³-hybridized carbons (Fsp3) is 0.294. The molecule has 2 nitrogen and oxygen atoms in total. The summed E-state index contributed by atoms with van der Waals surface area (Å²) in [5.41, 5.74) is 5.96. The van der Waals surface area contributed by atoms with Gasteiger partial charge in [0.05, 0.1) is 0 Å². The van der Waals surface area contributed by atoms with Crippen LogP contribution in [0.25, 0.3) is 11.1 Å². The van der Waals surface area contributed by atoms with Crippen molar-refractivity contribution in [1.82, 2.24) is 0 Å². The van der Waals surface area contributed by atoms with E-state index in [1.807, 2.05) is 0 Å². The molecule has 0 saturated carbocycles. The number of fused-ring (bicyclic) bond motifs is 3. The van der Waals surface area contributed by atoms with E-state index in [9.17, 15) is 0 Å². The van der Waals surface area contributed by atoms with Gasteiger partial charge in [-0.15, -0.1) is 0 Å². The van der Waals surface area contributed by atoms with E-state index >= 15 is 0 Å². The summed E-state index contributed by atoms with van der Waals surface area (Å²) in [5, 5.41) is 2.44. The molecule has 0 aromatic heterocycles. The van der Waals surface area contributed by atoms with Gasteiger partial charge >= 0.3 is 0 Å². The lowest BCUT2D eigenvalue weighted by molar-refractivity contribution is -0.967. The van der Waals surface area contributed by atoms with Gasteiger partial charge < -0.3 is 10.2 Å². The zero-order valence-electron chi connectivity index (χ0n) is 11.1. The molecule has 0 spiro atoms. The number of nitrogens with two attached hydrogens (primary N) is 1. The normalized spacial score (nSPS) is 19.2. The van der Waals surface area contributed by atoms with E-state index in [4.69, 9.17) is 0 Å². The van der Waals surface area contributed by atoms with Crippen molar-refractivity contribution in [2.45, 2.75) is 6.04 Å². The topological polar surface area (TPSA) is 21.1 Å². The van der Waals surface area contributed by atoms with Gasteiger partial charge in [0, 0.05) is 11.1 Å². The summed E-state index contributed by atoms with van der Waals surface area (Å²) in [6.07, 6.45) is 0. The molecule has 2 heteroatoms. The summed E-state index contributed by atoms with van der Waals surface area (Å²) in [6.45, 7) is 5.06. The Labute approximate surface area is 114 Å². The smallest absolute Gasteiger partial charge is 0.140 e. The third-order valence-corrected chi connectivity index (χ3v) is 4.58. The molecule has 2 aromatic carbocycles. The molecule has 0 amide bonds. The van der Waals surface area contributed by atoms with E-state index in [-0.39, 0.29) is 0 Å². The molecule has 2 aliphatic rings. The van der Waals surface area contributed by atoms with Gasteiger partial charge in [0.15, 0.2) is 0 Å². The van der Waals surface area contributed by atoms with Crippen LogP contribution in [0.3, 0.4) is 0 Å². The molecule has 1 aliphatic heterocycles. The van der Waals surface area contributed by atoms with Crippen LogP contribution in [0.15, 0.2) is 48.5 Å². The highest BCUT2D eigenvalue weighted by atomic mass is 15.2. The van der Waals surface area contributed by atoms with Gasteiger partial charge in [-0.25, -0.2) is 0 Å². The van der Waals surface area contributed by atoms with Crippen molar-refractivity contribution < 1.29 is 10.2 Å². The highest BCUT2D eigenvalue weighted by Gasteiger charge is 2.36. The van der Waals surface area contributed by atoms with E-state index in [2.05, 4.69) is 53.8 Å². The Hall–Kier alpha value is -1.64. The molecular weight excluding hydrogens is 232 g/mol. The second-order valence-corrected chi connectivity index (χ2v) is 5.63. The minimum absolute atomic E-state index is 0.557. The average Bonchev–Trinajstić information content (AvgIpc) is 2.83. The first-order valence-corrected chi connectivity index (χ1v) is 7.29. The minimum Gasteiger partial charge on any atom is -0.337 e. The van der Waals surface area contributed by atoms with Crippen LogP contribution in [-0.4, -0.2) is 26.2 Å². The third-order valence-electron chi connectivity index (χ3n) is 4.58. The van der Waals surface area contributed by atoms with Crippen molar-refractivity contribution in [2.75, 3.05) is 26.2 Å². The average molecular weight is 252 g/mol. The zero-order chi connectivity index (χ0) is 12.7. The summed E-state index contributed by atoms with van der Waals surface area (Å²) in [4.78, 5) is 1.74. The van der Waals surface area contributed by atoms with Crippen LogP contribution in [0.4, 0.5) is 0 Å². The Kier molecular flexibility index (Phi) is 2.64. The maximum atomic E-state index is 2.44. The minimum atomic E-state index is 0.557. The van der Waals surface area contributed by atoms with Gasteiger partial charge in [-0.05, 0) is 11.1 Å². The predicted molar refractivity (Wildman–Crippen MR) is 76.1 cm³/mol. The summed E-state index contributed by atoms with van der Waals surface area (Å²) < 4.78 is 0. The first-order chi connectivity index (χ1) is 9.45. The van der Waals surface area contributed by atoms with Crippen LogP contribution in [-0.2, 0) is 0 Å². The van der Waals surface area contributed by atoms with Crippen LogP contribution in [0.5, 0.6) is 0 Å². The van der Waals surface area contributed by atoms with E-state index in [0.29, 0.717) is 6.04 Å². The third kappa shape index (κ3) is 1.71. The number of hydrogen-bond acceptors (Lipinski definition) is 0. The van der Waals surface area contributed by atoms with Crippen molar-refractivity contribution in [1.29, 1.82) is 0 Å². The quantitative estimate of drug-likeness (QED) is 0.724. The van der Waals surface area contributed by atoms with Crippen molar-refractivity contribution in [3.05, 3.63) is 59.7 Å². The SMILES string of the molecule is c1ccc2c(c1)-c1ccccc1C2[NH+]1CC[NH2+]CC1. The Bertz CT molecular complexity index is 554. The van der Waals surface area contributed by atoms with Crippen LogP contribution < -0.4 is 10.2 Å². The van der Waals surface area contributed by atoms with Crippen molar-refractivity contribution in [3.8, 4) is 11.1 Å². The van der Waals surface area contributed by atoms with Gasteiger partial charge in [0.2, 0.25) is 0 Å². The Morgan fingerprint density at radius 1 is 0.789 bits per heavy atom. The zero-order valence-corrected chi connectivity index (χ0v) is 11.1. The molecule has 4 rings (SSSR count). The van der Waals surface area contributed by atoms with Gasteiger partial charge in [0.1, 0.15) is 32.2 Å². The second-order valence-electron chi connectivity index (χ2n) is 5.63. The molecule has 0 bridgehead atoms. The van der Waals surface area contributed by atoms with E-state index in [0.717, 1.165) is 0 Å². The number of quaternary nitrogens is 2. The van der Waals surface area contributed by atoms with Crippen LogP contribution >= 0.6 is 0 Å². The largest absolute Gasteiger partial charge is 0.337 e. The molecule has 0 radical (unpaired) electrons. The van der Waals surface area contributed by atoms with E-state index < -0.39 is 0 Å². The Morgan fingerprint density at radius 3 is 1.89 bits per heavy atom. The summed E-state index contributed by atoms with van der Waals surface area (Å²) in [7, 11) is 0.